The second-order valence-electron chi connectivity index (χ2n) is 5.54. The number of rotatable bonds is 2. The fourth-order valence-corrected chi connectivity index (χ4v) is 3.23. The molecule has 3 aromatic carbocycles. The fraction of sp³-hybridized carbons (Fsp3) is 0.150. The molecular formula is C20H17N. The molecule has 1 aromatic heterocycles. The third-order valence-electron chi connectivity index (χ3n) is 4.19. The van der Waals surface area contributed by atoms with Crippen molar-refractivity contribution in [3.05, 3.63) is 66.2 Å². The maximum absolute atomic E-state index is 4.95. The minimum atomic E-state index is 1.10. The van der Waals surface area contributed by atoms with Crippen molar-refractivity contribution in [1.82, 2.24) is 4.98 Å². The molecule has 0 fully saturated rings. The Kier molecular flexibility index (Phi) is 2.85. The third kappa shape index (κ3) is 1.89. The molecular weight excluding hydrogens is 254 g/mol. The molecule has 4 aromatic rings. The van der Waals surface area contributed by atoms with Crippen molar-refractivity contribution in [2.24, 2.45) is 0 Å². The molecule has 0 spiro atoms. The summed E-state index contributed by atoms with van der Waals surface area (Å²) < 4.78 is 0. The maximum Gasteiger partial charge on any atom is 0.0790 e. The molecule has 1 nitrogen and oxygen atoms in total. The lowest BCUT2D eigenvalue weighted by atomic mass is 9.96. The van der Waals surface area contributed by atoms with Gasteiger partial charge < -0.3 is 0 Å². The summed E-state index contributed by atoms with van der Waals surface area (Å²) >= 11 is 0. The first-order valence-electron chi connectivity index (χ1n) is 7.57. The number of nitrogens with zero attached hydrogens (tertiary/aromatic N) is 1. The highest BCUT2D eigenvalue weighted by atomic mass is 14.7. The Morgan fingerprint density at radius 2 is 1.52 bits per heavy atom. The first kappa shape index (κ1) is 12.3. The molecule has 0 aliphatic rings. The molecule has 0 N–H and O–H groups in total. The number of para-hydroxylation sites is 1. The van der Waals surface area contributed by atoms with Crippen LogP contribution in [0.25, 0.3) is 32.6 Å². The molecule has 1 heteroatoms. The summed E-state index contributed by atoms with van der Waals surface area (Å²) in [4.78, 5) is 4.95. The van der Waals surface area contributed by atoms with Gasteiger partial charge in [-0.1, -0.05) is 67.9 Å². The summed E-state index contributed by atoms with van der Waals surface area (Å²) in [5.74, 6) is 0. The third-order valence-corrected chi connectivity index (χ3v) is 4.19. The molecule has 0 aliphatic carbocycles. The quantitative estimate of drug-likeness (QED) is 0.347. The Hall–Kier alpha value is -2.41. The SMILES string of the molecule is CCCc1c2ccccc2nc2c1ccc1ccccc12. The number of aromatic nitrogens is 1. The molecule has 0 saturated heterocycles. The van der Waals surface area contributed by atoms with Gasteiger partial charge in [0.1, 0.15) is 0 Å². The summed E-state index contributed by atoms with van der Waals surface area (Å²) in [6.45, 7) is 2.24. The molecule has 0 aliphatic heterocycles. The summed E-state index contributed by atoms with van der Waals surface area (Å²) in [7, 11) is 0. The van der Waals surface area contributed by atoms with Gasteiger partial charge in [0.2, 0.25) is 0 Å². The van der Waals surface area contributed by atoms with Gasteiger partial charge in [0.15, 0.2) is 0 Å². The number of pyridine rings is 1. The molecule has 0 saturated carbocycles. The molecule has 4 rings (SSSR count). The molecule has 1 heterocycles. The number of benzene rings is 3. The van der Waals surface area contributed by atoms with Crippen LogP contribution < -0.4 is 0 Å². The second-order valence-corrected chi connectivity index (χ2v) is 5.54. The summed E-state index contributed by atoms with van der Waals surface area (Å²) in [6, 6.07) is 21.5. The first-order chi connectivity index (χ1) is 10.4. The van der Waals surface area contributed by atoms with Gasteiger partial charge in [-0.2, -0.15) is 0 Å². The average Bonchev–Trinajstić information content (AvgIpc) is 2.55. The van der Waals surface area contributed by atoms with E-state index >= 15 is 0 Å². The molecule has 21 heavy (non-hydrogen) atoms. The molecule has 0 bridgehead atoms. The van der Waals surface area contributed by atoms with E-state index in [4.69, 9.17) is 4.98 Å². The van der Waals surface area contributed by atoms with E-state index in [1.807, 2.05) is 0 Å². The zero-order chi connectivity index (χ0) is 14.2. The Morgan fingerprint density at radius 3 is 2.38 bits per heavy atom. The molecule has 0 radical (unpaired) electrons. The van der Waals surface area contributed by atoms with Crippen molar-refractivity contribution in [2.45, 2.75) is 19.8 Å². The number of hydrogen-bond acceptors (Lipinski definition) is 1. The van der Waals surface area contributed by atoms with E-state index < -0.39 is 0 Å². The van der Waals surface area contributed by atoms with Crippen LogP contribution in [-0.2, 0) is 6.42 Å². The molecule has 102 valence electrons. The highest BCUT2D eigenvalue weighted by molar-refractivity contribution is 6.10. The predicted octanol–water partition coefficient (Wildman–Crippen LogP) is 5.49. The van der Waals surface area contributed by atoms with E-state index in [1.54, 1.807) is 0 Å². The van der Waals surface area contributed by atoms with Crippen LogP contribution in [0.15, 0.2) is 60.7 Å². The van der Waals surface area contributed by atoms with Gasteiger partial charge >= 0.3 is 0 Å². The topological polar surface area (TPSA) is 12.9 Å². The smallest absolute Gasteiger partial charge is 0.0790 e. The van der Waals surface area contributed by atoms with Crippen LogP contribution in [0, 0.1) is 0 Å². The Morgan fingerprint density at radius 1 is 0.762 bits per heavy atom. The summed E-state index contributed by atoms with van der Waals surface area (Å²) in [5, 5.41) is 5.10. The van der Waals surface area contributed by atoms with Crippen LogP contribution in [0.3, 0.4) is 0 Å². The maximum atomic E-state index is 4.95. The van der Waals surface area contributed by atoms with Gasteiger partial charge in [-0.15, -0.1) is 0 Å². The zero-order valence-corrected chi connectivity index (χ0v) is 12.1. The van der Waals surface area contributed by atoms with Crippen molar-refractivity contribution in [2.75, 3.05) is 0 Å². The zero-order valence-electron chi connectivity index (χ0n) is 12.1. The summed E-state index contributed by atoms with van der Waals surface area (Å²) in [6.07, 6.45) is 2.24. The van der Waals surface area contributed by atoms with Crippen LogP contribution in [0.1, 0.15) is 18.9 Å². The average molecular weight is 271 g/mol. The van der Waals surface area contributed by atoms with Crippen LogP contribution in [0.4, 0.5) is 0 Å². The Balaban J connectivity index is 2.24. The number of hydrogen-bond donors (Lipinski definition) is 0. The highest BCUT2D eigenvalue weighted by Crippen LogP contribution is 2.31. The standard InChI is InChI=1S/C20H17N/c1-2-7-16-17-10-5-6-11-19(17)21-20-15-9-4-3-8-14(15)12-13-18(16)20/h3-6,8-13H,2,7H2,1H3. The van der Waals surface area contributed by atoms with Crippen molar-refractivity contribution in [3.63, 3.8) is 0 Å². The highest BCUT2D eigenvalue weighted by Gasteiger charge is 2.10. The van der Waals surface area contributed by atoms with Gasteiger partial charge in [-0.3, -0.25) is 0 Å². The van der Waals surface area contributed by atoms with Crippen LogP contribution in [0.5, 0.6) is 0 Å². The van der Waals surface area contributed by atoms with E-state index in [0.717, 1.165) is 23.9 Å². The van der Waals surface area contributed by atoms with Crippen molar-refractivity contribution >= 4 is 32.6 Å². The lowest BCUT2D eigenvalue weighted by molar-refractivity contribution is 0.936. The Bertz CT molecular complexity index is 954. The van der Waals surface area contributed by atoms with Crippen molar-refractivity contribution in [3.8, 4) is 0 Å². The minimum absolute atomic E-state index is 1.10. The van der Waals surface area contributed by atoms with Gasteiger partial charge in [-0.25, -0.2) is 4.98 Å². The van der Waals surface area contributed by atoms with Crippen LogP contribution >= 0.6 is 0 Å². The van der Waals surface area contributed by atoms with Crippen LogP contribution in [-0.4, -0.2) is 4.98 Å². The normalized spacial score (nSPS) is 11.5. The van der Waals surface area contributed by atoms with E-state index in [9.17, 15) is 0 Å². The van der Waals surface area contributed by atoms with E-state index in [0.29, 0.717) is 0 Å². The molecule has 0 amide bonds. The van der Waals surface area contributed by atoms with Crippen molar-refractivity contribution < 1.29 is 0 Å². The van der Waals surface area contributed by atoms with Gasteiger partial charge in [-0.05, 0) is 23.4 Å². The summed E-state index contributed by atoms with van der Waals surface area (Å²) in [5.41, 5.74) is 3.67. The van der Waals surface area contributed by atoms with E-state index in [2.05, 4.69) is 67.6 Å². The lowest BCUT2D eigenvalue weighted by Gasteiger charge is -2.12. The van der Waals surface area contributed by atoms with Crippen LogP contribution in [0.2, 0.25) is 0 Å². The van der Waals surface area contributed by atoms with E-state index in [1.165, 1.54) is 27.1 Å². The van der Waals surface area contributed by atoms with Gasteiger partial charge in [0.25, 0.3) is 0 Å². The first-order valence-corrected chi connectivity index (χ1v) is 7.57. The van der Waals surface area contributed by atoms with Gasteiger partial charge in [0, 0.05) is 16.2 Å². The Labute approximate surface area is 124 Å². The minimum Gasteiger partial charge on any atom is -0.247 e. The molecule has 0 atom stereocenters. The van der Waals surface area contributed by atoms with Crippen molar-refractivity contribution in [1.29, 1.82) is 0 Å². The number of aryl methyl sites for hydroxylation is 1. The fourth-order valence-electron chi connectivity index (χ4n) is 3.23. The second kappa shape index (κ2) is 4.85. The molecule has 0 unspecified atom stereocenters. The monoisotopic (exact) mass is 271 g/mol. The predicted molar refractivity (Wildman–Crippen MR) is 90.8 cm³/mol. The number of fused-ring (bicyclic) bond motifs is 4. The van der Waals surface area contributed by atoms with Gasteiger partial charge in [0.05, 0.1) is 11.0 Å². The van der Waals surface area contributed by atoms with E-state index in [-0.39, 0.29) is 0 Å². The lowest BCUT2D eigenvalue weighted by Crippen LogP contribution is -1.93. The largest absolute Gasteiger partial charge is 0.247 e.